The van der Waals surface area contributed by atoms with Crippen LogP contribution in [0.15, 0.2) is 18.2 Å². The van der Waals surface area contributed by atoms with Gasteiger partial charge in [-0.3, -0.25) is 4.57 Å². The number of nitriles is 1. The first-order valence-corrected chi connectivity index (χ1v) is 6.00. The van der Waals surface area contributed by atoms with Crippen molar-refractivity contribution in [3.05, 3.63) is 40.3 Å². The summed E-state index contributed by atoms with van der Waals surface area (Å²) in [7, 11) is 1.25. The Balaban J connectivity index is 2.62. The maximum absolute atomic E-state index is 11.6. The lowest BCUT2D eigenvalue weighted by Gasteiger charge is -2.09. The van der Waals surface area contributed by atoms with E-state index in [0.717, 1.165) is 0 Å². The number of esters is 1. The molecule has 0 aliphatic heterocycles. The van der Waals surface area contributed by atoms with Crippen LogP contribution < -0.4 is 5.73 Å². The average molecular weight is 291 g/mol. The van der Waals surface area contributed by atoms with Crippen molar-refractivity contribution in [2.24, 2.45) is 0 Å². The molecular weight excluding hydrogens is 280 g/mol. The number of halogens is 1. The van der Waals surface area contributed by atoms with Crippen LogP contribution in [0.2, 0.25) is 5.02 Å². The summed E-state index contributed by atoms with van der Waals surface area (Å²) < 4.78 is 6.15. The normalized spacial score (nSPS) is 10.1. The van der Waals surface area contributed by atoms with E-state index in [1.807, 2.05) is 6.07 Å². The van der Waals surface area contributed by atoms with Gasteiger partial charge < -0.3 is 10.5 Å². The summed E-state index contributed by atoms with van der Waals surface area (Å²) in [6.07, 6.45) is 0. The van der Waals surface area contributed by atoms with E-state index < -0.39 is 5.97 Å². The van der Waals surface area contributed by atoms with Gasteiger partial charge in [0, 0.05) is 0 Å². The maximum atomic E-state index is 11.6. The van der Waals surface area contributed by atoms with Crippen molar-refractivity contribution in [3.63, 3.8) is 0 Å². The Bertz CT molecular complexity index is 731. The second-order valence-electron chi connectivity index (χ2n) is 4.00. The summed E-state index contributed by atoms with van der Waals surface area (Å²) in [6, 6.07) is 6.77. The van der Waals surface area contributed by atoms with Gasteiger partial charge in [-0.25, -0.2) is 9.78 Å². The molecule has 102 valence electrons. The molecule has 0 unspecified atom stereocenters. The number of methoxy groups -OCH3 is 1. The van der Waals surface area contributed by atoms with Crippen molar-refractivity contribution in [1.82, 2.24) is 9.55 Å². The molecule has 1 aromatic carbocycles. The van der Waals surface area contributed by atoms with Gasteiger partial charge in [0.2, 0.25) is 0 Å². The quantitative estimate of drug-likeness (QED) is 0.855. The first-order valence-electron chi connectivity index (χ1n) is 5.62. The Morgan fingerprint density at radius 1 is 1.55 bits per heavy atom. The summed E-state index contributed by atoms with van der Waals surface area (Å²) in [6.45, 7) is 1.69. The molecule has 0 aliphatic rings. The number of ether oxygens (including phenoxy) is 1. The number of rotatable bonds is 2. The number of hydrogen-bond acceptors (Lipinski definition) is 5. The number of aryl methyl sites for hydroxylation is 1. The fraction of sp³-hybridized carbons (Fsp3) is 0.154. The zero-order valence-corrected chi connectivity index (χ0v) is 11.6. The van der Waals surface area contributed by atoms with E-state index in [2.05, 4.69) is 9.72 Å². The first-order chi connectivity index (χ1) is 9.49. The first kappa shape index (κ1) is 13.9. The van der Waals surface area contributed by atoms with E-state index in [9.17, 15) is 4.79 Å². The highest BCUT2D eigenvalue weighted by Gasteiger charge is 2.21. The third kappa shape index (κ3) is 2.19. The van der Waals surface area contributed by atoms with Crippen LogP contribution in [0, 0.1) is 18.3 Å². The molecule has 2 aromatic rings. The average Bonchev–Trinajstić information content (AvgIpc) is 2.73. The number of aromatic nitrogens is 2. The monoisotopic (exact) mass is 290 g/mol. The zero-order chi connectivity index (χ0) is 14.9. The molecule has 0 fully saturated rings. The Hall–Kier alpha value is -2.52. The third-order valence-corrected chi connectivity index (χ3v) is 3.08. The van der Waals surface area contributed by atoms with Crippen LogP contribution in [0.3, 0.4) is 0 Å². The molecule has 0 radical (unpaired) electrons. The minimum atomic E-state index is -0.617. The van der Waals surface area contributed by atoms with Crippen LogP contribution in [0.1, 0.15) is 21.9 Å². The van der Waals surface area contributed by atoms with E-state index >= 15 is 0 Å². The molecule has 1 aromatic heterocycles. The second-order valence-corrected chi connectivity index (χ2v) is 4.41. The molecule has 0 aliphatic carbocycles. The third-order valence-electron chi connectivity index (χ3n) is 2.78. The number of nitrogens with zero attached hydrogens (tertiary/aromatic N) is 3. The number of nitrogen functional groups attached to an aromatic ring is 1. The molecule has 1 heterocycles. The largest absolute Gasteiger partial charge is 0.464 e. The predicted octanol–water partition coefficient (Wildman–Crippen LogP) is 2.07. The fourth-order valence-corrected chi connectivity index (χ4v) is 2.12. The van der Waals surface area contributed by atoms with Gasteiger partial charge in [0.05, 0.1) is 29.5 Å². The lowest BCUT2D eigenvalue weighted by molar-refractivity contribution is 0.0596. The summed E-state index contributed by atoms with van der Waals surface area (Å²) in [4.78, 5) is 15.6. The predicted molar refractivity (Wildman–Crippen MR) is 73.8 cm³/mol. The summed E-state index contributed by atoms with van der Waals surface area (Å²) in [5.74, 6) is 0.0181. The van der Waals surface area contributed by atoms with E-state index in [-0.39, 0.29) is 11.5 Å². The highest BCUT2D eigenvalue weighted by Crippen LogP contribution is 2.27. The highest BCUT2D eigenvalue weighted by molar-refractivity contribution is 6.32. The van der Waals surface area contributed by atoms with Crippen molar-refractivity contribution < 1.29 is 9.53 Å². The summed E-state index contributed by atoms with van der Waals surface area (Å²) in [5, 5.41) is 9.17. The SMILES string of the molecule is COC(=O)c1nc(C)n(-c2ccc(C#N)cc2Cl)c1N. The molecular formula is C13H11ClN4O2. The van der Waals surface area contributed by atoms with Crippen LogP contribution >= 0.6 is 11.6 Å². The molecule has 20 heavy (non-hydrogen) atoms. The van der Waals surface area contributed by atoms with Gasteiger partial charge in [-0.15, -0.1) is 0 Å². The fourth-order valence-electron chi connectivity index (χ4n) is 1.86. The Morgan fingerprint density at radius 3 is 2.80 bits per heavy atom. The number of benzene rings is 1. The van der Waals surface area contributed by atoms with E-state index in [4.69, 9.17) is 22.6 Å². The molecule has 0 spiro atoms. The maximum Gasteiger partial charge on any atom is 0.360 e. The lowest BCUT2D eigenvalue weighted by Crippen LogP contribution is -2.08. The molecule has 0 saturated carbocycles. The summed E-state index contributed by atoms with van der Waals surface area (Å²) in [5.41, 5.74) is 6.94. The van der Waals surface area contributed by atoms with Gasteiger partial charge in [0.15, 0.2) is 5.69 Å². The standard InChI is InChI=1S/C13H11ClN4O2/c1-7-17-11(13(19)20-2)12(16)18(7)10-4-3-8(6-15)5-9(10)14/h3-5H,16H2,1-2H3. The zero-order valence-electron chi connectivity index (χ0n) is 10.8. The molecule has 0 saturated heterocycles. The van der Waals surface area contributed by atoms with Crippen molar-refractivity contribution >= 4 is 23.4 Å². The van der Waals surface area contributed by atoms with Crippen molar-refractivity contribution in [2.45, 2.75) is 6.92 Å². The van der Waals surface area contributed by atoms with Crippen LogP contribution in [-0.4, -0.2) is 22.6 Å². The van der Waals surface area contributed by atoms with Crippen LogP contribution in [-0.2, 0) is 4.74 Å². The van der Waals surface area contributed by atoms with Gasteiger partial charge in [-0.1, -0.05) is 11.6 Å². The van der Waals surface area contributed by atoms with E-state index in [1.54, 1.807) is 19.1 Å². The number of carbonyl (C=O) groups is 1. The highest BCUT2D eigenvalue weighted by atomic mass is 35.5. The molecule has 0 amide bonds. The number of hydrogen-bond donors (Lipinski definition) is 1. The van der Waals surface area contributed by atoms with Gasteiger partial charge in [-0.2, -0.15) is 5.26 Å². The Kier molecular flexibility index (Phi) is 3.63. The summed E-state index contributed by atoms with van der Waals surface area (Å²) >= 11 is 6.14. The van der Waals surface area contributed by atoms with Gasteiger partial charge in [0.1, 0.15) is 11.6 Å². The molecule has 6 nitrogen and oxygen atoms in total. The molecule has 7 heteroatoms. The minimum absolute atomic E-state index is 0.0328. The van der Waals surface area contributed by atoms with Crippen LogP contribution in [0.4, 0.5) is 5.82 Å². The van der Waals surface area contributed by atoms with Crippen molar-refractivity contribution in [3.8, 4) is 11.8 Å². The number of carbonyl (C=O) groups excluding carboxylic acids is 1. The number of nitrogens with two attached hydrogens (primary N) is 1. The topological polar surface area (TPSA) is 93.9 Å². The van der Waals surface area contributed by atoms with Crippen LogP contribution in [0.5, 0.6) is 0 Å². The smallest absolute Gasteiger partial charge is 0.360 e. The van der Waals surface area contributed by atoms with E-state index in [0.29, 0.717) is 22.1 Å². The van der Waals surface area contributed by atoms with Gasteiger partial charge in [0.25, 0.3) is 0 Å². The van der Waals surface area contributed by atoms with Gasteiger partial charge in [-0.05, 0) is 25.1 Å². The van der Waals surface area contributed by atoms with Crippen molar-refractivity contribution in [2.75, 3.05) is 12.8 Å². The van der Waals surface area contributed by atoms with E-state index in [1.165, 1.54) is 17.7 Å². The van der Waals surface area contributed by atoms with Crippen LogP contribution in [0.25, 0.3) is 5.69 Å². The van der Waals surface area contributed by atoms with Crippen molar-refractivity contribution in [1.29, 1.82) is 5.26 Å². The number of anilines is 1. The molecule has 2 N–H and O–H groups in total. The molecule has 0 bridgehead atoms. The molecule has 0 atom stereocenters. The second kappa shape index (κ2) is 5.23. The number of imidazole rings is 1. The van der Waals surface area contributed by atoms with Gasteiger partial charge >= 0.3 is 5.97 Å². The Labute approximate surface area is 120 Å². The lowest BCUT2D eigenvalue weighted by atomic mass is 10.2. The molecule has 2 rings (SSSR count). The Morgan fingerprint density at radius 2 is 2.25 bits per heavy atom. The minimum Gasteiger partial charge on any atom is -0.464 e.